The van der Waals surface area contributed by atoms with Gasteiger partial charge < -0.3 is 9.84 Å². The minimum Gasteiger partial charge on any atom is -0.514 e. The van der Waals surface area contributed by atoms with Crippen LogP contribution in [-0.2, 0) is 9.53 Å². The highest BCUT2D eigenvalue weighted by Gasteiger charge is 2.06. The highest BCUT2D eigenvalue weighted by molar-refractivity contribution is 5.92. The van der Waals surface area contributed by atoms with Crippen molar-refractivity contribution in [3.8, 4) is 6.07 Å². The molecule has 0 spiro atoms. The van der Waals surface area contributed by atoms with Crippen LogP contribution < -0.4 is 0 Å². The minimum absolute atomic E-state index is 0.405. The first-order valence-electron chi connectivity index (χ1n) is 2.09. The Hall–Kier alpha value is -1.50. The molecule has 0 aromatic heterocycles. The number of methoxy groups -OCH3 is 1. The lowest BCUT2D eigenvalue weighted by Crippen LogP contribution is -2.02. The second-order valence-electron chi connectivity index (χ2n) is 1.15. The fourth-order valence-electron chi connectivity index (χ4n) is 0.237. The summed E-state index contributed by atoms with van der Waals surface area (Å²) in [7, 11) is 1.13. The molecule has 0 saturated heterocycles. The summed E-state index contributed by atoms with van der Waals surface area (Å²) in [6, 6.07) is 1.44. The van der Waals surface area contributed by atoms with E-state index in [4.69, 9.17) is 10.4 Å². The summed E-state index contributed by atoms with van der Waals surface area (Å²) in [5.74, 6) is -0.833. The van der Waals surface area contributed by atoms with E-state index >= 15 is 0 Å². The number of esters is 1. The summed E-state index contributed by atoms with van der Waals surface area (Å²) >= 11 is 0. The number of hydrogen-bond donors (Lipinski definition) is 1. The molecule has 4 nitrogen and oxygen atoms in total. The largest absolute Gasteiger partial charge is 0.514 e. The van der Waals surface area contributed by atoms with Gasteiger partial charge in [0.25, 0.3) is 0 Å². The van der Waals surface area contributed by atoms with E-state index in [2.05, 4.69) is 4.74 Å². The molecule has 0 aliphatic heterocycles. The Morgan fingerprint density at radius 2 is 2.44 bits per heavy atom. The molecule has 0 rings (SSSR count). The van der Waals surface area contributed by atoms with Crippen LogP contribution in [0.3, 0.4) is 0 Å². The Balaban J connectivity index is 4.19. The maximum atomic E-state index is 10.3. The molecule has 0 fully saturated rings. The van der Waals surface area contributed by atoms with Crippen LogP contribution in [0.1, 0.15) is 0 Å². The Kier molecular flexibility index (Phi) is 2.91. The van der Waals surface area contributed by atoms with Gasteiger partial charge in [0, 0.05) is 0 Å². The first-order valence-corrected chi connectivity index (χ1v) is 2.09. The monoisotopic (exact) mass is 127 g/mol. The average molecular weight is 127 g/mol. The molecule has 0 radical (unpaired) electrons. The van der Waals surface area contributed by atoms with Crippen LogP contribution in [0.2, 0.25) is 0 Å². The van der Waals surface area contributed by atoms with E-state index < -0.39 is 11.5 Å². The quantitative estimate of drug-likeness (QED) is 0.235. The van der Waals surface area contributed by atoms with Crippen molar-refractivity contribution >= 4 is 5.97 Å². The van der Waals surface area contributed by atoms with E-state index in [9.17, 15) is 4.79 Å². The molecule has 0 aromatic rings. The Bertz CT molecular complexity index is 177. The van der Waals surface area contributed by atoms with Gasteiger partial charge in [-0.1, -0.05) is 0 Å². The molecule has 1 N–H and O–H groups in total. The lowest BCUT2D eigenvalue weighted by molar-refractivity contribution is -0.135. The van der Waals surface area contributed by atoms with Gasteiger partial charge in [-0.15, -0.1) is 0 Å². The van der Waals surface area contributed by atoms with Crippen LogP contribution in [0.5, 0.6) is 0 Å². The van der Waals surface area contributed by atoms with E-state index in [0.717, 1.165) is 7.11 Å². The number of ether oxygens (including phenoxy) is 1. The predicted octanol–water partition coefficient (Wildman–Crippen LogP) is 0.125. The standard InChI is InChI=1S/C5H5NO3/c1-9-5(8)4(2-6)3-7/h3,7H,1H3/b4-3+. The average Bonchev–Trinajstić information content (AvgIpc) is 1.90. The molecule has 0 atom stereocenters. The van der Waals surface area contributed by atoms with E-state index in [-0.39, 0.29) is 0 Å². The Morgan fingerprint density at radius 1 is 1.89 bits per heavy atom. The molecule has 9 heavy (non-hydrogen) atoms. The van der Waals surface area contributed by atoms with Crippen molar-refractivity contribution in [2.24, 2.45) is 0 Å². The van der Waals surface area contributed by atoms with Crippen LogP contribution in [0, 0.1) is 11.3 Å². The first kappa shape index (κ1) is 7.50. The van der Waals surface area contributed by atoms with E-state index in [1.54, 1.807) is 0 Å². The topological polar surface area (TPSA) is 70.3 Å². The van der Waals surface area contributed by atoms with Gasteiger partial charge >= 0.3 is 5.97 Å². The van der Waals surface area contributed by atoms with Crippen molar-refractivity contribution in [1.82, 2.24) is 0 Å². The van der Waals surface area contributed by atoms with Crippen LogP contribution in [-0.4, -0.2) is 18.2 Å². The number of rotatable bonds is 1. The molecule has 0 heterocycles. The van der Waals surface area contributed by atoms with Crippen molar-refractivity contribution in [2.75, 3.05) is 7.11 Å². The van der Waals surface area contributed by atoms with Gasteiger partial charge in [-0.2, -0.15) is 5.26 Å². The number of carbonyl (C=O) groups is 1. The van der Waals surface area contributed by atoms with Gasteiger partial charge in [-0.05, 0) is 0 Å². The van der Waals surface area contributed by atoms with Crippen molar-refractivity contribution in [2.45, 2.75) is 0 Å². The molecule has 4 heteroatoms. The normalized spacial score (nSPS) is 10.0. The number of aliphatic hydroxyl groups is 1. The maximum absolute atomic E-state index is 10.3. The van der Waals surface area contributed by atoms with Gasteiger partial charge in [0.1, 0.15) is 12.3 Å². The summed E-state index contributed by atoms with van der Waals surface area (Å²) in [4.78, 5) is 10.3. The summed E-state index contributed by atoms with van der Waals surface area (Å²) in [6.45, 7) is 0. The fourth-order valence-corrected chi connectivity index (χ4v) is 0.237. The van der Waals surface area contributed by atoms with E-state index in [0.29, 0.717) is 6.26 Å². The summed E-state index contributed by atoms with van der Waals surface area (Å²) < 4.78 is 4.10. The predicted molar refractivity (Wildman–Crippen MR) is 28.3 cm³/mol. The second-order valence-corrected chi connectivity index (χ2v) is 1.15. The summed E-state index contributed by atoms with van der Waals surface area (Å²) in [5, 5.41) is 16.2. The zero-order valence-corrected chi connectivity index (χ0v) is 4.79. The van der Waals surface area contributed by atoms with Crippen LogP contribution in [0.15, 0.2) is 11.8 Å². The molecule has 0 saturated carbocycles. The van der Waals surface area contributed by atoms with E-state index in [1.807, 2.05) is 0 Å². The molecule has 0 aliphatic rings. The highest BCUT2D eigenvalue weighted by Crippen LogP contribution is 1.91. The zero-order valence-electron chi connectivity index (χ0n) is 4.79. The third-order valence-corrected chi connectivity index (χ3v) is 0.655. The third-order valence-electron chi connectivity index (χ3n) is 0.655. The van der Waals surface area contributed by atoms with Crippen LogP contribution >= 0.6 is 0 Å². The van der Waals surface area contributed by atoms with Gasteiger partial charge in [0.2, 0.25) is 0 Å². The SMILES string of the molecule is COC(=O)/C(C#N)=C/O. The first-order chi connectivity index (χ1) is 4.26. The van der Waals surface area contributed by atoms with Crippen molar-refractivity contribution in [3.63, 3.8) is 0 Å². The Labute approximate surface area is 52.0 Å². The Morgan fingerprint density at radius 3 is 2.56 bits per heavy atom. The lowest BCUT2D eigenvalue weighted by atomic mass is 10.3. The van der Waals surface area contributed by atoms with Crippen LogP contribution in [0.4, 0.5) is 0 Å². The third kappa shape index (κ3) is 1.82. The number of nitriles is 1. The molecule has 48 valence electrons. The van der Waals surface area contributed by atoms with Gasteiger partial charge in [0.15, 0.2) is 5.57 Å². The van der Waals surface area contributed by atoms with E-state index in [1.165, 1.54) is 6.07 Å². The van der Waals surface area contributed by atoms with Crippen molar-refractivity contribution in [3.05, 3.63) is 11.8 Å². The molecule has 0 amide bonds. The molecular weight excluding hydrogens is 122 g/mol. The van der Waals surface area contributed by atoms with Gasteiger partial charge in [0.05, 0.1) is 7.11 Å². The smallest absolute Gasteiger partial charge is 0.351 e. The minimum atomic E-state index is -0.833. The molecule has 0 aliphatic carbocycles. The van der Waals surface area contributed by atoms with Crippen molar-refractivity contribution in [1.29, 1.82) is 5.26 Å². The maximum Gasteiger partial charge on any atom is 0.351 e. The summed E-state index contributed by atoms with van der Waals surface area (Å²) in [6.07, 6.45) is 0.409. The molecule has 0 bridgehead atoms. The lowest BCUT2D eigenvalue weighted by Gasteiger charge is -1.90. The molecule has 0 aromatic carbocycles. The van der Waals surface area contributed by atoms with Gasteiger partial charge in [-0.25, -0.2) is 4.79 Å². The molecule has 0 unspecified atom stereocenters. The number of aliphatic hydroxyl groups excluding tert-OH is 1. The van der Waals surface area contributed by atoms with Crippen LogP contribution in [0.25, 0.3) is 0 Å². The highest BCUT2D eigenvalue weighted by atomic mass is 16.5. The second kappa shape index (κ2) is 3.50. The number of nitrogens with zero attached hydrogens (tertiary/aromatic N) is 1. The van der Waals surface area contributed by atoms with Gasteiger partial charge in [-0.3, -0.25) is 0 Å². The fraction of sp³-hybridized carbons (Fsp3) is 0.200. The molecular formula is C5H5NO3. The zero-order chi connectivity index (χ0) is 7.28. The number of carbonyl (C=O) groups excluding carboxylic acids is 1. The number of hydrogen-bond acceptors (Lipinski definition) is 4. The van der Waals surface area contributed by atoms with Crippen molar-refractivity contribution < 1.29 is 14.6 Å². The summed E-state index contributed by atoms with van der Waals surface area (Å²) in [5.41, 5.74) is -0.405.